The first-order valence-corrected chi connectivity index (χ1v) is 9.77. The van der Waals surface area contributed by atoms with Crippen LogP contribution in [0.2, 0.25) is 0 Å². The number of nitriles is 1. The van der Waals surface area contributed by atoms with Gasteiger partial charge in [0.15, 0.2) is 5.82 Å². The largest absolute Gasteiger partial charge is 0.469 e. The van der Waals surface area contributed by atoms with Gasteiger partial charge in [-0.1, -0.05) is 30.3 Å². The molecule has 0 aliphatic carbocycles. The fraction of sp³-hybridized carbons (Fsp3) is 0.0455. The Kier molecular flexibility index (Phi) is 4.12. The van der Waals surface area contributed by atoms with Crippen LogP contribution in [0.25, 0.3) is 27.6 Å². The second kappa shape index (κ2) is 6.93. The molecule has 6 nitrogen and oxygen atoms in total. The van der Waals surface area contributed by atoms with Gasteiger partial charge in [-0.05, 0) is 29.8 Å². The summed E-state index contributed by atoms with van der Waals surface area (Å²) in [6.45, 7) is 0. The molecule has 2 aromatic heterocycles. The molecular weight excluding hydrogens is 384 g/mol. The first-order valence-electron chi connectivity index (χ1n) is 8.95. The summed E-state index contributed by atoms with van der Waals surface area (Å²) in [6.07, 6.45) is 3.67. The van der Waals surface area contributed by atoms with Crippen molar-refractivity contribution in [2.45, 2.75) is 6.42 Å². The number of furan rings is 1. The molecule has 5 rings (SSSR count). The van der Waals surface area contributed by atoms with Crippen molar-refractivity contribution in [2.75, 3.05) is 0 Å². The molecule has 140 valence electrons. The van der Waals surface area contributed by atoms with Crippen LogP contribution >= 0.6 is 11.3 Å². The van der Waals surface area contributed by atoms with Crippen LogP contribution in [0.4, 0.5) is 0 Å². The zero-order chi connectivity index (χ0) is 19.8. The molecule has 29 heavy (non-hydrogen) atoms. The number of hydrogen-bond donors (Lipinski definition) is 1. The average molecular weight is 398 g/mol. The Morgan fingerprint density at radius 3 is 2.72 bits per heavy atom. The number of nitrogens with one attached hydrogen (secondary N) is 1. The molecule has 3 aromatic rings. The van der Waals surface area contributed by atoms with E-state index in [1.54, 1.807) is 29.2 Å². The van der Waals surface area contributed by atoms with Gasteiger partial charge in [0.2, 0.25) is 0 Å². The number of hydrogen-bond acceptors (Lipinski definition) is 5. The summed E-state index contributed by atoms with van der Waals surface area (Å²) in [5, 5.41) is 9.20. The summed E-state index contributed by atoms with van der Waals surface area (Å²) < 4.78 is 6.95. The Hall–Kier alpha value is -3.89. The molecule has 0 atom stereocenters. The molecule has 4 heterocycles. The summed E-state index contributed by atoms with van der Waals surface area (Å²) in [4.78, 5) is 22.6. The van der Waals surface area contributed by atoms with Gasteiger partial charge in [-0.15, -0.1) is 11.3 Å². The number of benzene rings is 1. The lowest BCUT2D eigenvalue weighted by Gasteiger charge is -2.12. The van der Waals surface area contributed by atoms with Gasteiger partial charge < -0.3 is 9.40 Å². The fourth-order valence-corrected chi connectivity index (χ4v) is 4.07. The van der Waals surface area contributed by atoms with Crippen molar-refractivity contribution in [2.24, 2.45) is 0 Å². The van der Waals surface area contributed by atoms with Crippen molar-refractivity contribution in [1.29, 1.82) is 5.26 Å². The Labute approximate surface area is 169 Å². The van der Waals surface area contributed by atoms with Crippen LogP contribution in [0.15, 0.2) is 76.3 Å². The number of rotatable bonds is 4. The molecule has 0 fully saturated rings. The topological polar surface area (TPSA) is 87.6 Å². The smallest absolute Gasteiger partial charge is 0.278 e. The molecule has 0 amide bonds. The highest BCUT2D eigenvalue weighted by Gasteiger charge is 2.22. The van der Waals surface area contributed by atoms with E-state index in [2.05, 4.69) is 16.0 Å². The maximum Gasteiger partial charge on any atom is 0.278 e. The van der Waals surface area contributed by atoms with Crippen LogP contribution in [0.5, 0.6) is 0 Å². The van der Waals surface area contributed by atoms with Gasteiger partial charge in [0, 0.05) is 6.20 Å². The van der Waals surface area contributed by atoms with Crippen LogP contribution in [0.1, 0.15) is 16.3 Å². The van der Waals surface area contributed by atoms with E-state index in [0.29, 0.717) is 34.3 Å². The van der Waals surface area contributed by atoms with Crippen LogP contribution in [0, 0.1) is 11.3 Å². The molecule has 0 spiro atoms. The third-order valence-electron chi connectivity index (χ3n) is 4.65. The Balaban J connectivity index is 1.74. The molecule has 1 aromatic carbocycles. The summed E-state index contributed by atoms with van der Waals surface area (Å²) in [5.74, 6) is 1.21. The van der Waals surface area contributed by atoms with Gasteiger partial charge in [0.1, 0.15) is 28.1 Å². The molecular formula is C22H14N4O2S. The molecule has 0 bridgehead atoms. The molecule has 7 heteroatoms. The normalized spacial score (nSPS) is 11.0. The van der Waals surface area contributed by atoms with Crippen LogP contribution in [0.3, 0.4) is 0 Å². The van der Waals surface area contributed by atoms with Crippen LogP contribution < -0.4 is 5.56 Å². The van der Waals surface area contributed by atoms with Gasteiger partial charge in [0.25, 0.3) is 5.56 Å². The fourth-order valence-electron chi connectivity index (χ4n) is 3.27. The zero-order valence-corrected chi connectivity index (χ0v) is 15.9. The van der Waals surface area contributed by atoms with Crippen molar-refractivity contribution < 1.29 is 4.42 Å². The van der Waals surface area contributed by atoms with E-state index in [9.17, 15) is 10.1 Å². The third kappa shape index (κ3) is 3.06. The molecule has 0 saturated heterocycles. The van der Waals surface area contributed by atoms with Gasteiger partial charge >= 0.3 is 0 Å². The summed E-state index contributed by atoms with van der Waals surface area (Å²) in [5.41, 5.74) is 2.69. The standard InChI is InChI=1S/C22H14N4O2S/c23-12-16-8-9-19(29-16)20-21-25-17(11-15-7-4-10-28-15)22(27)26(21)13-18(24-20)14-5-2-1-3-6-14/h1-10,13,24H,11H2. The van der Waals surface area contributed by atoms with E-state index in [1.807, 2.05) is 42.5 Å². The van der Waals surface area contributed by atoms with E-state index in [-0.39, 0.29) is 5.56 Å². The number of imidazole rings is 1. The Bertz CT molecular complexity index is 1350. The summed E-state index contributed by atoms with van der Waals surface area (Å²) in [6, 6.07) is 19.2. The SMILES string of the molecule is N#Cc1ccc(-c2[nH]c(-c3ccccc3)cn3c(=O)c(Cc4ccco4)nc2-3)s1. The van der Waals surface area contributed by atoms with Crippen LogP contribution in [-0.4, -0.2) is 14.5 Å². The van der Waals surface area contributed by atoms with Crippen molar-refractivity contribution in [3.8, 4) is 33.7 Å². The molecule has 0 unspecified atom stereocenters. The molecule has 2 aliphatic rings. The van der Waals surface area contributed by atoms with E-state index >= 15 is 0 Å². The van der Waals surface area contributed by atoms with Gasteiger partial charge in [-0.25, -0.2) is 4.98 Å². The predicted molar refractivity (Wildman–Crippen MR) is 110 cm³/mol. The number of thiophene rings is 1. The van der Waals surface area contributed by atoms with E-state index < -0.39 is 0 Å². The van der Waals surface area contributed by atoms with Gasteiger partial charge in [0.05, 0.1) is 23.3 Å². The lowest BCUT2D eigenvalue weighted by Crippen LogP contribution is -2.16. The first kappa shape index (κ1) is 17.2. The lowest BCUT2D eigenvalue weighted by molar-refractivity contribution is 0.519. The monoisotopic (exact) mass is 398 g/mol. The Morgan fingerprint density at radius 2 is 2.00 bits per heavy atom. The summed E-state index contributed by atoms with van der Waals surface area (Å²) >= 11 is 1.36. The van der Waals surface area contributed by atoms with Crippen molar-refractivity contribution in [1.82, 2.24) is 14.5 Å². The second-order valence-corrected chi connectivity index (χ2v) is 7.58. The molecule has 0 radical (unpaired) electrons. The highest BCUT2D eigenvalue weighted by molar-refractivity contribution is 7.16. The summed E-state index contributed by atoms with van der Waals surface area (Å²) in [7, 11) is 0. The average Bonchev–Trinajstić information content (AvgIpc) is 3.50. The minimum Gasteiger partial charge on any atom is -0.469 e. The van der Waals surface area contributed by atoms with Crippen molar-refractivity contribution in [3.63, 3.8) is 0 Å². The van der Waals surface area contributed by atoms with Gasteiger partial charge in [-0.3, -0.25) is 9.36 Å². The quantitative estimate of drug-likeness (QED) is 0.484. The number of nitrogens with zero attached hydrogens (tertiary/aromatic N) is 3. The zero-order valence-electron chi connectivity index (χ0n) is 15.1. The Morgan fingerprint density at radius 1 is 1.14 bits per heavy atom. The third-order valence-corrected chi connectivity index (χ3v) is 5.65. The maximum atomic E-state index is 13.1. The second-order valence-electron chi connectivity index (χ2n) is 6.50. The molecule has 0 saturated carbocycles. The molecule has 2 aliphatic heterocycles. The van der Waals surface area contributed by atoms with E-state index in [0.717, 1.165) is 16.1 Å². The highest BCUT2D eigenvalue weighted by Crippen LogP contribution is 2.33. The predicted octanol–water partition coefficient (Wildman–Crippen LogP) is 4.45. The number of aromatic nitrogens is 3. The highest BCUT2D eigenvalue weighted by atomic mass is 32.1. The van der Waals surface area contributed by atoms with Crippen molar-refractivity contribution in [3.05, 3.63) is 93.7 Å². The van der Waals surface area contributed by atoms with Crippen molar-refractivity contribution >= 4 is 11.3 Å². The number of fused-ring (bicyclic) bond motifs is 1. The first-order chi connectivity index (χ1) is 14.2. The lowest BCUT2D eigenvalue weighted by atomic mass is 10.1. The minimum absolute atomic E-state index is 0.180. The van der Waals surface area contributed by atoms with E-state index in [1.165, 1.54) is 11.3 Å². The number of aromatic amines is 1. The molecule has 1 N–H and O–H groups in total. The van der Waals surface area contributed by atoms with Crippen LogP contribution in [-0.2, 0) is 6.42 Å². The number of H-pyrrole nitrogens is 1. The minimum atomic E-state index is -0.180. The van der Waals surface area contributed by atoms with Gasteiger partial charge in [-0.2, -0.15) is 5.26 Å². The maximum absolute atomic E-state index is 13.1. The van der Waals surface area contributed by atoms with E-state index in [4.69, 9.17) is 4.42 Å².